The van der Waals surface area contributed by atoms with Crippen molar-refractivity contribution in [1.82, 2.24) is 15.0 Å². The Morgan fingerprint density at radius 1 is 1.20 bits per heavy atom. The lowest BCUT2D eigenvalue weighted by Gasteiger charge is -2.07. The third kappa shape index (κ3) is 3.19. The number of hydrazine groups is 1. The van der Waals surface area contributed by atoms with Gasteiger partial charge in [0.2, 0.25) is 5.95 Å². The number of carbonyl (C=O) groups is 1. The molecule has 0 bridgehead atoms. The van der Waals surface area contributed by atoms with Crippen LogP contribution in [0.25, 0.3) is 0 Å². The van der Waals surface area contributed by atoms with Gasteiger partial charge in [-0.1, -0.05) is 11.6 Å². The van der Waals surface area contributed by atoms with E-state index in [9.17, 15) is 4.79 Å². The van der Waals surface area contributed by atoms with Gasteiger partial charge in [0.1, 0.15) is 11.5 Å². The number of pyridine rings is 1. The van der Waals surface area contributed by atoms with Crippen molar-refractivity contribution in [2.45, 2.75) is 13.8 Å². The highest BCUT2D eigenvalue weighted by Crippen LogP contribution is 2.17. The molecule has 0 aliphatic heterocycles. The molecular formula is C12H13ClN6O. The van der Waals surface area contributed by atoms with Crippen LogP contribution in [0.2, 0.25) is 5.02 Å². The number of amides is 1. The standard InChI is InChI=1S/C12H13ClN6O/c1-6-5-7(2)16-12(15-6)18-11(20)10-8(13)3-4-9(17-10)19-14/h3-5H,14H2,1-2H3,(H,17,19)(H,15,16,18,20). The van der Waals surface area contributed by atoms with Crippen LogP contribution in [-0.2, 0) is 0 Å². The Morgan fingerprint density at radius 2 is 1.85 bits per heavy atom. The van der Waals surface area contributed by atoms with Gasteiger partial charge in [0.15, 0.2) is 0 Å². The van der Waals surface area contributed by atoms with Crippen LogP contribution in [0.1, 0.15) is 21.9 Å². The normalized spacial score (nSPS) is 10.2. The van der Waals surface area contributed by atoms with Gasteiger partial charge < -0.3 is 5.43 Å². The van der Waals surface area contributed by atoms with Crippen LogP contribution in [0.3, 0.4) is 0 Å². The Labute approximate surface area is 120 Å². The number of aryl methyl sites for hydroxylation is 2. The van der Waals surface area contributed by atoms with Crippen molar-refractivity contribution in [3.05, 3.63) is 40.3 Å². The number of anilines is 2. The third-order valence-electron chi connectivity index (χ3n) is 2.42. The third-order valence-corrected chi connectivity index (χ3v) is 2.72. The molecule has 0 saturated carbocycles. The number of hydrogen-bond donors (Lipinski definition) is 3. The Kier molecular flexibility index (Phi) is 4.11. The van der Waals surface area contributed by atoms with E-state index >= 15 is 0 Å². The van der Waals surface area contributed by atoms with E-state index in [-0.39, 0.29) is 16.7 Å². The molecule has 0 saturated heterocycles. The fourth-order valence-electron chi connectivity index (χ4n) is 1.62. The fraction of sp³-hybridized carbons (Fsp3) is 0.167. The van der Waals surface area contributed by atoms with Gasteiger partial charge in [0.25, 0.3) is 5.91 Å². The summed E-state index contributed by atoms with van der Waals surface area (Å²) >= 11 is 5.94. The quantitative estimate of drug-likeness (QED) is 0.587. The van der Waals surface area contributed by atoms with Crippen LogP contribution in [0, 0.1) is 13.8 Å². The molecule has 0 fully saturated rings. The van der Waals surface area contributed by atoms with Crippen LogP contribution in [0.15, 0.2) is 18.2 Å². The Balaban J connectivity index is 2.27. The minimum atomic E-state index is -0.503. The molecule has 2 rings (SSSR count). The molecule has 0 aromatic carbocycles. The first-order valence-corrected chi connectivity index (χ1v) is 6.14. The molecule has 2 aromatic rings. The van der Waals surface area contributed by atoms with Gasteiger partial charge >= 0.3 is 0 Å². The lowest BCUT2D eigenvalue weighted by Crippen LogP contribution is -2.18. The lowest BCUT2D eigenvalue weighted by atomic mass is 10.3. The Hall–Kier alpha value is -2.25. The highest BCUT2D eigenvalue weighted by Gasteiger charge is 2.15. The first-order chi connectivity index (χ1) is 9.49. The zero-order valence-electron chi connectivity index (χ0n) is 10.9. The van der Waals surface area contributed by atoms with Gasteiger partial charge in [-0.3, -0.25) is 10.1 Å². The predicted octanol–water partition coefficient (Wildman–Crippen LogP) is 1.68. The summed E-state index contributed by atoms with van der Waals surface area (Å²) in [6.07, 6.45) is 0. The second kappa shape index (κ2) is 5.81. The number of carbonyl (C=O) groups excluding carboxylic acids is 1. The first kappa shape index (κ1) is 14.2. The van der Waals surface area contributed by atoms with Crippen LogP contribution < -0.4 is 16.6 Å². The number of nitrogen functional groups attached to an aromatic ring is 1. The summed E-state index contributed by atoms with van der Waals surface area (Å²) in [4.78, 5) is 24.4. The molecule has 1 amide bonds. The number of aromatic nitrogens is 3. The number of hydrogen-bond acceptors (Lipinski definition) is 6. The number of nitrogens with one attached hydrogen (secondary N) is 2. The smallest absolute Gasteiger partial charge is 0.278 e. The second-order valence-corrected chi connectivity index (χ2v) is 4.51. The SMILES string of the molecule is Cc1cc(C)nc(NC(=O)c2nc(NN)ccc2Cl)n1. The molecule has 2 heterocycles. The Bertz CT molecular complexity index is 640. The molecule has 0 spiro atoms. The van der Waals surface area contributed by atoms with Crippen molar-refractivity contribution in [3.8, 4) is 0 Å². The average molecular weight is 293 g/mol. The zero-order valence-corrected chi connectivity index (χ0v) is 11.7. The van der Waals surface area contributed by atoms with E-state index in [2.05, 4.69) is 25.7 Å². The molecule has 0 aliphatic carbocycles. The maximum absolute atomic E-state index is 12.1. The number of halogens is 1. The number of nitrogens with zero attached hydrogens (tertiary/aromatic N) is 3. The molecule has 0 unspecified atom stereocenters. The fourth-order valence-corrected chi connectivity index (χ4v) is 1.82. The highest BCUT2D eigenvalue weighted by atomic mass is 35.5. The van der Waals surface area contributed by atoms with Gasteiger partial charge in [-0.05, 0) is 32.0 Å². The largest absolute Gasteiger partial charge is 0.308 e. The van der Waals surface area contributed by atoms with E-state index in [1.807, 2.05) is 13.8 Å². The van der Waals surface area contributed by atoms with Gasteiger partial charge in [-0.25, -0.2) is 20.8 Å². The minimum absolute atomic E-state index is 0.0462. The van der Waals surface area contributed by atoms with Crippen LogP contribution >= 0.6 is 11.6 Å². The summed E-state index contributed by atoms with van der Waals surface area (Å²) in [5.74, 6) is 5.29. The van der Waals surface area contributed by atoms with Gasteiger partial charge in [0.05, 0.1) is 5.02 Å². The Morgan fingerprint density at radius 3 is 2.45 bits per heavy atom. The van der Waals surface area contributed by atoms with Crippen molar-refractivity contribution in [1.29, 1.82) is 0 Å². The van der Waals surface area contributed by atoms with Gasteiger partial charge in [0, 0.05) is 11.4 Å². The van der Waals surface area contributed by atoms with Gasteiger partial charge in [-0.2, -0.15) is 0 Å². The molecule has 8 heteroatoms. The number of rotatable bonds is 3. The average Bonchev–Trinajstić information content (AvgIpc) is 2.37. The maximum Gasteiger partial charge on any atom is 0.278 e. The summed E-state index contributed by atoms with van der Waals surface area (Å²) in [6, 6.07) is 4.90. The maximum atomic E-state index is 12.1. The van der Waals surface area contributed by atoms with Crippen molar-refractivity contribution in [2.24, 2.45) is 5.84 Å². The molecule has 2 aromatic heterocycles. The van der Waals surface area contributed by atoms with Crippen molar-refractivity contribution >= 4 is 29.3 Å². The summed E-state index contributed by atoms with van der Waals surface area (Å²) in [5, 5.41) is 2.77. The van der Waals surface area contributed by atoms with Crippen molar-refractivity contribution in [3.63, 3.8) is 0 Å². The van der Waals surface area contributed by atoms with E-state index in [1.54, 1.807) is 12.1 Å². The minimum Gasteiger partial charge on any atom is -0.308 e. The van der Waals surface area contributed by atoms with Crippen LogP contribution in [-0.4, -0.2) is 20.9 Å². The molecule has 4 N–H and O–H groups in total. The van der Waals surface area contributed by atoms with E-state index in [1.165, 1.54) is 6.07 Å². The van der Waals surface area contributed by atoms with E-state index in [0.717, 1.165) is 11.4 Å². The van der Waals surface area contributed by atoms with E-state index in [0.29, 0.717) is 5.82 Å². The molecule has 0 atom stereocenters. The molecule has 7 nitrogen and oxygen atoms in total. The van der Waals surface area contributed by atoms with Crippen LogP contribution in [0.5, 0.6) is 0 Å². The predicted molar refractivity (Wildman–Crippen MR) is 76.5 cm³/mol. The molecule has 20 heavy (non-hydrogen) atoms. The van der Waals surface area contributed by atoms with Crippen molar-refractivity contribution < 1.29 is 4.79 Å². The molecule has 0 aliphatic rings. The zero-order chi connectivity index (χ0) is 14.7. The van der Waals surface area contributed by atoms with E-state index in [4.69, 9.17) is 17.4 Å². The number of nitrogens with two attached hydrogens (primary N) is 1. The monoisotopic (exact) mass is 292 g/mol. The van der Waals surface area contributed by atoms with Gasteiger partial charge in [-0.15, -0.1) is 0 Å². The summed E-state index contributed by atoms with van der Waals surface area (Å²) in [7, 11) is 0. The molecule has 0 radical (unpaired) electrons. The summed E-state index contributed by atoms with van der Waals surface area (Å²) in [6.45, 7) is 3.63. The molecule has 104 valence electrons. The summed E-state index contributed by atoms with van der Waals surface area (Å²) < 4.78 is 0. The van der Waals surface area contributed by atoms with Crippen LogP contribution in [0.4, 0.5) is 11.8 Å². The van der Waals surface area contributed by atoms with Crippen molar-refractivity contribution in [2.75, 3.05) is 10.7 Å². The lowest BCUT2D eigenvalue weighted by molar-refractivity contribution is 0.102. The van der Waals surface area contributed by atoms with E-state index < -0.39 is 5.91 Å². The second-order valence-electron chi connectivity index (χ2n) is 4.10. The molecular weight excluding hydrogens is 280 g/mol. The first-order valence-electron chi connectivity index (χ1n) is 5.76. The topological polar surface area (TPSA) is 106 Å². The highest BCUT2D eigenvalue weighted by molar-refractivity contribution is 6.34. The summed E-state index contributed by atoms with van der Waals surface area (Å²) in [5.41, 5.74) is 3.90.